The van der Waals surface area contributed by atoms with Crippen LogP contribution in [0.5, 0.6) is 0 Å². The molecule has 5 heterocycles. The van der Waals surface area contributed by atoms with Gasteiger partial charge in [0.15, 0.2) is 10.9 Å². The Morgan fingerprint density at radius 2 is 1.89 bits per heavy atom. The number of hydrogen-bond donors (Lipinski definition) is 2. The fraction of sp³-hybridized carbons (Fsp3) is 0.394. The average Bonchev–Trinajstić information content (AvgIpc) is 3.73. The van der Waals surface area contributed by atoms with Crippen LogP contribution in [0, 0.1) is 34.3 Å². The van der Waals surface area contributed by atoms with Gasteiger partial charge >= 0.3 is 0 Å². The topological polar surface area (TPSA) is 126 Å². The van der Waals surface area contributed by atoms with E-state index in [-0.39, 0.29) is 35.9 Å². The van der Waals surface area contributed by atoms with E-state index < -0.39 is 23.9 Å². The summed E-state index contributed by atoms with van der Waals surface area (Å²) < 4.78 is 34.7. The van der Waals surface area contributed by atoms with Gasteiger partial charge in [-0.1, -0.05) is 11.3 Å². The highest BCUT2D eigenvalue weighted by molar-refractivity contribution is 7.16. The number of amides is 1. The number of fused-ring (bicyclic) bond motifs is 2. The number of aliphatic hydroxyl groups is 2. The molecule has 46 heavy (non-hydrogen) atoms. The van der Waals surface area contributed by atoms with Crippen molar-refractivity contribution in [2.45, 2.75) is 25.0 Å². The zero-order chi connectivity index (χ0) is 31.9. The van der Waals surface area contributed by atoms with Crippen LogP contribution in [0.3, 0.4) is 0 Å². The molecule has 0 radical (unpaired) electrons. The lowest BCUT2D eigenvalue weighted by Crippen LogP contribution is -2.73. The van der Waals surface area contributed by atoms with Crippen molar-refractivity contribution in [3.05, 3.63) is 64.2 Å². The number of anilines is 3. The Kier molecular flexibility index (Phi) is 6.77. The number of ether oxygens (including phenoxy) is 1. The fourth-order valence-electron chi connectivity index (χ4n) is 7.36. The van der Waals surface area contributed by atoms with Crippen LogP contribution >= 0.6 is 11.3 Å². The van der Waals surface area contributed by atoms with Crippen molar-refractivity contribution in [1.29, 1.82) is 5.26 Å². The quantitative estimate of drug-likeness (QED) is 0.333. The van der Waals surface area contributed by atoms with Crippen molar-refractivity contribution in [3.63, 3.8) is 0 Å². The number of aromatic nitrogens is 2. The Balaban J connectivity index is 1.12. The van der Waals surface area contributed by atoms with E-state index in [0.717, 1.165) is 5.56 Å². The summed E-state index contributed by atoms with van der Waals surface area (Å²) in [6.45, 7) is 2.92. The number of likely N-dealkylation sites (tertiary alicyclic amines) is 1. The summed E-state index contributed by atoms with van der Waals surface area (Å²) in [5.74, 6) is -1.49. The molecule has 1 spiro atoms. The normalized spacial score (nSPS) is 22.9. The Morgan fingerprint density at radius 1 is 1.13 bits per heavy atom. The lowest BCUT2D eigenvalue weighted by Gasteiger charge is -2.61. The number of carbonyl (C=O) groups is 1. The van der Waals surface area contributed by atoms with Crippen LogP contribution in [0.2, 0.25) is 0 Å². The molecule has 3 aliphatic heterocycles. The van der Waals surface area contributed by atoms with Gasteiger partial charge in [0.2, 0.25) is 5.91 Å². The molecule has 1 unspecified atom stereocenters. The molecule has 3 atom stereocenters. The highest BCUT2D eigenvalue weighted by Crippen LogP contribution is 2.48. The number of pyridine rings is 1. The van der Waals surface area contributed by atoms with Crippen molar-refractivity contribution < 1.29 is 28.5 Å². The second kappa shape index (κ2) is 10.7. The van der Waals surface area contributed by atoms with Gasteiger partial charge in [-0.25, -0.2) is 18.7 Å². The highest BCUT2D eigenvalue weighted by Gasteiger charge is 2.54. The molecule has 2 N–H and O–H groups in total. The molecule has 8 rings (SSSR count). The van der Waals surface area contributed by atoms with Crippen molar-refractivity contribution in [2.75, 3.05) is 56.2 Å². The monoisotopic (exact) mass is 644 g/mol. The van der Waals surface area contributed by atoms with E-state index in [9.17, 15) is 24.7 Å². The van der Waals surface area contributed by atoms with Gasteiger partial charge in [-0.2, -0.15) is 5.26 Å². The third kappa shape index (κ3) is 4.54. The van der Waals surface area contributed by atoms with Crippen LogP contribution in [0.1, 0.15) is 28.7 Å². The Hall–Kier alpha value is -4.22. The Labute approximate surface area is 267 Å². The molecule has 13 heteroatoms. The molecule has 3 saturated heterocycles. The van der Waals surface area contributed by atoms with Gasteiger partial charge in [-0.05, 0) is 49.2 Å². The predicted molar refractivity (Wildman–Crippen MR) is 167 cm³/mol. The minimum Gasteiger partial charge on any atom is -0.390 e. The third-order valence-corrected chi connectivity index (χ3v) is 10.8. The van der Waals surface area contributed by atoms with Crippen molar-refractivity contribution >= 4 is 44.7 Å². The lowest BCUT2D eigenvalue weighted by molar-refractivity contribution is -0.152. The van der Waals surface area contributed by atoms with Gasteiger partial charge in [-0.15, -0.1) is 0 Å². The van der Waals surface area contributed by atoms with Crippen LogP contribution in [0.15, 0.2) is 36.4 Å². The largest absolute Gasteiger partial charge is 0.390 e. The standard InChI is InChI=1S/C33H30F2N6O4S/c1-39(32-38-27(26(10-36)46-32)17-2-4-18(34)5-3-17)30-20-6-7-24(42)29(20)37-28-21(30)8-19(9-23(28)35)40-13-33(14-40)15-41(16-33)31(44)22-11-45-12-25(22)43/h2-5,8-9,22,24-25,42-43H,6-7,11-16H2,1H3/t22?,24-,25+/m0/s1. The maximum absolute atomic E-state index is 15.9. The fourth-order valence-corrected chi connectivity index (χ4v) is 8.22. The van der Waals surface area contributed by atoms with E-state index in [1.165, 1.54) is 29.5 Å². The molecular formula is C33H30F2N6O4S. The lowest BCUT2D eigenvalue weighted by atomic mass is 9.72. The third-order valence-electron chi connectivity index (χ3n) is 9.72. The summed E-state index contributed by atoms with van der Waals surface area (Å²) in [4.78, 5) is 28.3. The molecule has 0 bridgehead atoms. The van der Waals surface area contributed by atoms with Crippen molar-refractivity contribution in [1.82, 2.24) is 14.9 Å². The first-order valence-corrected chi connectivity index (χ1v) is 16.0. The average molecular weight is 645 g/mol. The summed E-state index contributed by atoms with van der Waals surface area (Å²) >= 11 is 1.19. The first kappa shape index (κ1) is 29.2. The van der Waals surface area contributed by atoms with Gasteiger partial charge in [0.05, 0.1) is 42.7 Å². The predicted octanol–water partition coefficient (Wildman–Crippen LogP) is 3.91. The van der Waals surface area contributed by atoms with E-state index >= 15 is 4.39 Å². The van der Waals surface area contributed by atoms with E-state index in [4.69, 9.17) is 9.72 Å². The summed E-state index contributed by atoms with van der Waals surface area (Å²) in [6, 6.07) is 11.4. The molecule has 0 saturated carbocycles. The van der Waals surface area contributed by atoms with E-state index in [1.54, 1.807) is 17.0 Å². The zero-order valence-electron chi connectivity index (χ0n) is 24.9. The number of nitriles is 1. The van der Waals surface area contributed by atoms with Crippen molar-refractivity contribution in [2.24, 2.45) is 11.3 Å². The van der Waals surface area contributed by atoms with E-state index in [0.29, 0.717) is 82.7 Å². The number of nitrogens with zero attached hydrogens (tertiary/aromatic N) is 6. The summed E-state index contributed by atoms with van der Waals surface area (Å²) in [6.07, 6.45) is -0.576. The summed E-state index contributed by atoms with van der Waals surface area (Å²) in [7, 11) is 1.81. The van der Waals surface area contributed by atoms with Gasteiger partial charge in [0, 0.05) is 60.8 Å². The van der Waals surface area contributed by atoms with Gasteiger partial charge < -0.3 is 29.6 Å². The van der Waals surface area contributed by atoms with Crippen LogP contribution in [0.25, 0.3) is 22.2 Å². The maximum Gasteiger partial charge on any atom is 0.230 e. The van der Waals surface area contributed by atoms with E-state index in [1.807, 2.05) is 18.0 Å². The molecule has 236 valence electrons. The van der Waals surface area contributed by atoms with E-state index in [2.05, 4.69) is 16.0 Å². The molecule has 4 aromatic rings. The number of thiazole rings is 1. The van der Waals surface area contributed by atoms with Crippen LogP contribution in [-0.4, -0.2) is 83.5 Å². The molecule has 2 aromatic carbocycles. The maximum atomic E-state index is 15.9. The number of rotatable bonds is 5. The van der Waals surface area contributed by atoms with Gasteiger partial charge in [-0.3, -0.25) is 4.79 Å². The number of hydrogen-bond acceptors (Lipinski definition) is 10. The number of aliphatic hydroxyl groups excluding tert-OH is 2. The van der Waals surface area contributed by atoms with Gasteiger partial charge in [0.25, 0.3) is 0 Å². The minimum absolute atomic E-state index is 0.0727. The molecule has 1 amide bonds. The molecule has 1 aliphatic carbocycles. The summed E-state index contributed by atoms with van der Waals surface area (Å²) in [5, 5.41) is 31.8. The first-order valence-electron chi connectivity index (χ1n) is 15.2. The molecule has 2 aromatic heterocycles. The van der Waals surface area contributed by atoms with Gasteiger partial charge in [0.1, 0.15) is 28.0 Å². The molecule has 10 nitrogen and oxygen atoms in total. The number of carbonyl (C=O) groups excluding carboxylic acids is 1. The van der Waals surface area contributed by atoms with Crippen LogP contribution in [-0.2, 0) is 16.0 Å². The Morgan fingerprint density at radius 3 is 2.59 bits per heavy atom. The second-order valence-corrected chi connectivity index (χ2v) is 13.8. The SMILES string of the molecule is CN(c1nc(-c2ccc(F)cc2)c(C#N)s1)c1c2c(nc3c(F)cc(N4CC5(CN(C(=O)C6COC[C@H]6O)C5)C4)cc13)[C@@H](O)CC2. The Bertz CT molecular complexity index is 1930. The van der Waals surface area contributed by atoms with Crippen LogP contribution in [0.4, 0.5) is 25.3 Å². The minimum atomic E-state index is -0.817. The molecule has 4 aliphatic rings. The highest BCUT2D eigenvalue weighted by atomic mass is 32.1. The van der Waals surface area contributed by atoms with Crippen LogP contribution < -0.4 is 9.80 Å². The second-order valence-electron chi connectivity index (χ2n) is 12.8. The zero-order valence-corrected chi connectivity index (χ0v) is 25.7. The first-order chi connectivity index (χ1) is 22.1. The molecule has 3 fully saturated rings. The number of halogens is 2. The smallest absolute Gasteiger partial charge is 0.230 e. The molecular weight excluding hydrogens is 614 g/mol. The summed E-state index contributed by atoms with van der Waals surface area (Å²) in [5.41, 5.74) is 3.74. The number of benzene rings is 2. The van der Waals surface area contributed by atoms with Crippen molar-refractivity contribution in [3.8, 4) is 17.3 Å².